The average molecular weight is 233 g/mol. The maximum atomic E-state index is 11.3. The third-order valence-electron chi connectivity index (χ3n) is 3.52. The van der Waals surface area contributed by atoms with Crippen LogP contribution in [0.15, 0.2) is 18.3 Å². The van der Waals surface area contributed by atoms with Crippen LogP contribution in [0.1, 0.15) is 16.8 Å². The molecular formula is C12H15N3O2. The lowest BCUT2D eigenvalue weighted by atomic mass is 10.2. The molecule has 0 saturated carbocycles. The Hall–Kier alpha value is -1.62. The first-order valence-corrected chi connectivity index (χ1v) is 5.82. The van der Waals surface area contributed by atoms with Crippen molar-refractivity contribution in [2.75, 3.05) is 25.1 Å². The van der Waals surface area contributed by atoms with Crippen LogP contribution in [-0.4, -0.2) is 43.2 Å². The Morgan fingerprint density at radius 1 is 1.59 bits per heavy atom. The van der Waals surface area contributed by atoms with E-state index in [1.165, 1.54) is 13.5 Å². The molecule has 1 aromatic heterocycles. The van der Waals surface area contributed by atoms with E-state index >= 15 is 0 Å². The Morgan fingerprint density at radius 2 is 2.47 bits per heavy atom. The summed E-state index contributed by atoms with van der Waals surface area (Å²) in [6.07, 6.45) is 2.78. The number of fused-ring (bicyclic) bond motifs is 2. The summed E-state index contributed by atoms with van der Waals surface area (Å²) in [6.45, 7) is 2.04. The first-order chi connectivity index (χ1) is 8.28. The van der Waals surface area contributed by atoms with Crippen molar-refractivity contribution in [1.29, 1.82) is 0 Å². The van der Waals surface area contributed by atoms with Gasteiger partial charge in [0.1, 0.15) is 5.82 Å². The Bertz CT molecular complexity index is 432. The zero-order valence-electron chi connectivity index (χ0n) is 9.72. The second-order valence-electron chi connectivity index (χ2n) is 4.54. The number of pyridine rings is 1. The fourth-order valence-electron chi connectivity index (χ4n) is 2.64. The number of methoxy groups -OCH3 is 1. The van der Waals surface area contributed by atoms with E-state index in [1.54, 1.807) is 12.3 Å². The standard InChI is InChI=1S/C12H15N3O2/c1-17-12(16)8-2-3-11(14-5-8)15-7-9-4-10(15)6-13-9/h2-3,5,9-10,13H,4,6-7H2,1H3/t9-,10-/m0/s1. The van der Waals surface area contributed by atoms with Gasteiger partial charge in [-0.1, -0.05) is 0 Å². The molecule has 3 rings (SSSR count). The molecule has 0 aliphatic carbocycles. The normalized spacial score (nSPS) is 26.3. The molecule has 5 heteroatoms. The molecule has 0 spiro atoms. The molecule has 2 aliphatic rings. The number of hydrogen-bond donors (Lipinski definition) is 1. The van der Waals surface area contributed by atoms with E-state index in [1.807, 2.05) is 6.07 Å². The highest BCUT2D eigenvalue weighted by molar-refractivity contribution is 5.89. The summed E-state index contributed by atoms with van der Waals surface area (Å²) in [5.74, 6) is 0.611. The van der Waals surface area contributed by atoms with Crippen LogP contribution < -0.4 is 10.2 Å². The van der Waals surface area contributed by atoms with Crippen LogP contribution in [0.4, 0.5) is 5.82 Å². The molecule has 2 bridgehead atoms. The second-order valence-corrected chi connectivity index (χ2v) is 4.54. The minimum absolute atomic E-state index is 0.339. The third kappa shape index (κ3) is 1.76. The van der Waals surface area contributed by atoms with Crippen molar-refractivity contribution in [1.82, 2.24) is 10.3 Å². The molecule has 1 aromatic rings. The molecule has 3 heterocycles. The molecule has 5 nitrogen and oxygen atoms in total. The fraction of sp³-hybridized carbons (Fsp3) is 0.500. The smallest absolute Gasteiger partial charge is 0.339 e. The Balaban J connectivity index is 1.78. The summed E-state index contributed by atoms with van der Waals surface area (Å²) >= 11 is 0. The van der Waals surface area contributed by atoms with E-state index in [2.05, 4.69) is 19.9 Å². The molecule has 17 heavy (non-hydrogen) atoms. The van der Waals surface area contributed by atoms with Crippen molar-refractivity contribution in [2.24, 2.45) is 0 Å². The van der Waals surface area contributed by atoms with Gasteiger partial charge in [0.05, 0.1) is 12.7 Å². The number of rotatable bonds is 2. The number of esters is 1. The molecule has 0 radical (unpaired) electrons. The van der Waals surface area contributed by atoms with Gasteiger partial charge in [0.25, 0.3) is 0 Å². The summed E-state index contributed by atoms with van der Waals surface area (Å²) in [5.41, 5.74) is 0.499. The lowest BCUT2D eigenvalue weighted by Crippen LogP contribution is -2.43. The SMILES string of the molecule is COC(=O)c1ccc(N2C[C@@H]3C[C@H]2CN3)nc1. The van der Waals surface area contributed by atoms with Gasteiger partial charge in [-0.15, -0.1) is 0 Å². The molecule has 2 aliphatic heterocycles. The predicted molar refractivity (Wildman–Crippen MR) is 63.1 cm³/mol. The van der Waals surface area contributed by atoms with Crippen molar-refractivity contribution in [3.63, 3.8) is 0 Å². The average Bonchev–Trinajstić information content (AvgIpc) is 3.00. The van der Waals surface area contributed by atoms with Crippen LogP contribution in [0.3, 0.4) is 0 Å². The number of aromatic nitrogens is 1. The Kier molecular flexibility index (Phi) is 2.48. The molecule has 2 fully saturated rings. The van der Waals surface area contributed by atoms with Gasteiger partial charge in [-0.2, -0.15) is 0 Å². The minimum Gasteiger partial charge on any atom is -0.465 e. The maximum absolute atomic E-state index is 11.3. The molecule has 0 amide bonds. The predicted octanol–water partition coefficient (Wildman–Crippen LogP) is 0.419. The van der Waals surface area contributed by atoms with Gasteiger partial charge in [-0.3, -0.25) is 0 Å². The fourth-order valence-corrected chi connectivity index (χ4v) is 2.64. The van der Waals surface area contributed by atoms with Crippen molar-refractivity contribution >= 4 is 11.8 Å². The van der Waals surface area contributed by atoms with E-state index in [0.717, 1.165) is 18.9 Å². The van der Waals surface area contributed by atoms with Crippen molar-refractivity contribution in [3.05, 3.63) is 23.9 Å². The van der Waals surface area contributed by atoms with Crippen molar-refractivity contribution in [2.45, 2.75) is 18.5 Å². The van der Waals surface area contributed by atoms with Gasteiger partial charge in [0.15, 0.2) is 0 Å². The summed E-state index contributed by atoms with van der Waals surface area (Å²) < 4.78 is 4.65. The van der Waals surface area contributed by atoms with Crippen molar-refractivity contribution in [3.8, 4) is 0 Å². The number of ether oxygens (including phenoxy) is 1. The molecule has 2 atom stereocenters. The van der Waals surface area contributed by atoms with E-state index in [4.69, 9.17) is 0 Å². The second kappa shape index (κ2) is 4.00. The van der Waals surface area contributed by atoms with E-state index < -0.39 is 0 Å². The van der Waals surface area contributed by atoms with Crippen LogP contribution in [-0.2, 0) is 4.74 Å². The highest BCUT2D eigenvalue weighted by atomic mass is 16.5. The minimum atomic E-state index is -0.339. The number of hydrogen-bond acceptors (Lipinski definition) is 5. The van der Waals surface area contributed by atoms with Crippen LogP contribution in [0.5, 0.6) is 0 Å². The number of carbonyl (C=O) groups is 1. The number of nitrogens with one attached hydrogen (secondary N) is 1. The van der Waals surface area contributed by atoms with E-state index in [0.29, 0.717) is 17.6 Å². The molecule has 2 saturated heterocycles. The van der Waals surface area contributed by atoms with Crippen LogP contribution in [0.25, 0.3) is 0 Å². The van der Waals surface area contributed by atoms with Crippen LogP contribution in [0.2, 0.25) is 0 Å². The van der Waals surface area contributed by atoms with E-state index in [-0.39, 0.29) is 5.97 Å². The van der Waals surface area contributed by atoms with Gasteiger partial charge in [-0.05, 0) is 18.6 Å². The number of piperazine rings is 1. The monoisotopic (exact) mass is 233 g/mol. The highest BCUT2D eigenvalue weighted by Gasteiger charge is 2.38. The Labute approximate surface area is 99.8 Å². The third-order valence-corrected chi connectivity index (χ3v) is 3.52. The lowest BCUT2D eigenvalue weighted by molar-refractivity contribution is 0.0600. The number of carbonyl (C=O) groups excluding carboxylic acids is 1. The van der Waals surface area contributed by atoms with Crippen LogP contribution in [0, 0.1) is 0 Å². The first-order valence-electron chi connectivity index (χ1n) is 5.82. The zero-order chi connectivity index (χ0) is 11.8. The highest BCUT2D eigenvalue weighted by Crippen LogP contribution is 2.27. The zero-order valence-corrected chi connectivity index (χ0v) is 9.72. The first kappa shape index (κ1) is 10.5. The molecular weight excluding hydrogens is 218 g/mol. The van der Waals surface area contributed by atoms with Crippen LogP contribution >= 0.6 is 0 Å². The quantitative estimate of drug-likeness (QED) is 0.750. The lowest BCUT2D eigenvalue weighted by Gasteiger charge is -2.28. The molecule has 0 unspecified atom stereocenters. The topological polar surface area (TPSA) is 54.5 Å². The largest absolute Gasteiger partial charge is 0.465 e. The molecule has 1 N–H and O–H groups in total. The Morgan fingerprint density at radius 3 is 3.00 bits per heavy atom. The summed E-state index contributed by atoms with van der Waals surface area (Å²) in [5, 5.41) is 3.45. The van der Waals surface area contributed by atoms with E-state index in [9.17, 15) is 4.79 Å². The number of nitrogens with zero attached hydrogens (tertiary/aromatic N) is 2. The number of anilines is 1. The molecule has 0 aromatic carbocycles. The summed E-state index contributed by atoms with van der Waals surface area (Å²) in [4.78, 5) is 17.9. The van der Waals surface area contributed by atoms with Gasteiger partial charge in [0, 0.05) is 31.4 Å². The van der Waals surface area contributed by atoms with Gasteiger partial charge in [0.2, 0.25) is 0 Å². The molecule has 90 valence electrons. The van der Waals surface area contributed by atoms with Crippen molar-refractivity contribution < 1.29 is 9.53 Å². The summed E-state index contributed by atoms with van der Waals surface area (Å²) in [6, 6.07) is 4.82. The van der Waals surface area contributed by atoms with Gasteiger partial charge in [-0.25, -0.2) is 9.78 Å². The van der Waals surface area contributed by atoms with Gasteiger partial charge < -0.3 is 15.0 Å². The maximum Gasteiger partial charge on any atom is 0.339 e. The summed E-state index contributed by atoms with van der Waals surface area (Å²) in [7, 11) is 1.38. The van der Waals surface area contributed by atoms with Gasteiger partial charge >= 0.3 is 5.97 Å².